The molecule has 1 heterocycles. The van der Waals surface area contributed by atoms with Gasteiger partial charge in [-0.2, -0.15) is 0 Å². The van der Waals surface area contributed by atoms with Gasteiger partial charge in [0.25, 0.3) is 0 Å². The molecule has 0 aliphatic carbocycles. The molecular weight excluding hydrogens is 280 g/mol. The summed E-state index contributed by atoms with van der Waals surface area (Å²) in [6.45, 7) is 0.833. The minimum absolute atomic E-state index is 0.195. The topological polar surface area (TPSA) is 96.4 Å². The second-order valence-corrected chi connectivity index (χ2v) is 4.90. The molecule has 0 saturated carbocycles. The Morgan fingerprint density at radius 1 is 1.33 bits per heavy atom. The van der Waals surface area contributed by atoms with Crippen LogP contribution >= 0.6 is 0 Å². The number of likely N-dealkylation sites (tertiary alicyclic amines) is 1. The molecule has 8 nitrogen and oxygen atoms in total. The van der Waals surface area contributed by atoms with Crippen LogP contribution in [-0.2, 0) is 19.1 Å². The predicted molar refractivity (Wildman–Crippen MR) is 72.8 cm³/mol. The number of hydrogen-bond donors (Lipinski definition) is 1. The standard InChI is InChI=1S/C13H22N2O6/c1-20-7-6-15(9-11(16)17)13(19)14-5-3-4-10(8-14)12(18)21-2/h10H,3-9H2,1-2H3,(H,16,17). The highest BCUT2D eigenvalue weighted by molar-refractivity contribution is 5.81. The molecule has 0 aromatic rings. The summed E-state index contributed by atoms with van der Waals surface area (Å²) < 4.78 is 9.59. The summed E-state index contributed by atoms with van der Waals surface area (Å²) in [5, 5.41) is 8.88. The quantitative estimate of drug-likeness (QED) is 0.695. The van der Waals surface area contributed by atoms with Gasteiger partial charge in [-0.3, -0.25) is 9.59 Å². The van der Waals surface area contributed by atoms with Crippen molar-refractivity contribution < 1.29 is 29.0 Å². The average Bonchev–Trinajstić information content (AvgIpc) is 2.49. The molecule has 0 aromatic carbocycles. The van der Waals surface area contributed by atoms with Crippen molar-refractivity contribution in [1.82, 2.24) is 9.80 Å². The van der Waals surface area contributed by atoms with Crippen LogP contribution in [0.4, 0.5) is 4.79 Å². The summed E-state index contributed by atoms with van der Waals surface area (Å²) in [4.78, 5) is 37.5. The van der Waals surface area contributed by atoms with E-state index in [2.05, 4.69) is 0 Å². The fraction of sp³-hybridized carbons (Fsp3) is 0.769. The van der Waals surface area contributed by atoms with Gasteiger partial charge in [0, 0.05) is 26.7 Å². The Labute approximate surface area is 123 Å². The number of nitrogens with zero attached hydrogens (tertiary/aromatic N) is 2. The lowest BCUT2D eigenvalue weighted by atomic mass is 9.98. The summed E-state index contributed by atoms with van der Waals surface area (Å²) in [5.74, 6) is -1.77. The Bertz CT molecular complexity index is 387. The predicted octanol–water partition coefficient (Wildman–Crippen LogP) is 0.0244. The third kappa shape index (κ3) is 5.22. The number of carbonyl (C=O) groups is 3. The molecule has 1 N–H and O–H groups in total. The molecule has 1 saturated heterocycles. The second kappa shape index (κ2) is 8.46. The van der Waals surface area contributed by atoms with Crippen LogP contribution in [0.1, 0.15) is 12.8 Å². The molecule has 2 amide bonds. The number of urea groups is 1. The summed E-state index contributed by atoms with van der Waals surface area (Å²) in [7, 11) is 2.80. The minimum Gasteiger partial charge on any atom is -0.480 e. The third-order valence-electron chi connectivity index (χ3n) is 3.39. The van der Waals surface area contributed by atoms with E-state index in [0.29, 0.717) is 19.4 Å². The van der Waals surface area contributed by atoms with Crippen molar-refractivity contribution in [2.24, 2.45) is 5.92 Å². The first-order chi connectivity index (χ1) is 9.99. The van der Waals surface area contributed by atoms with Gasteiger partial charge in [0.05, 0.1) is 19.6 Å². The number of aliphatic carboxylic acids is 1. The van der Waals surface area contributed by atoms with E-state index in [4.69, 9.17) is 14.6 Å². The van der Waals surface area contributed by atoms with E-state index in [-0.39, 0.29) is 44.2 Å². The fourth-order valence-electron chi connectivity index (χ4n) is 2.32. The highest BCUT2D eigenvalue weighted by Gasteiger charge is 2.31. The fourth-order valence-corrected chi connectivity index (χ4v) is 2.32. The van der Waals surface area contributed by atoms with E-state index in [0.717, 1.165) is 0 Å². The molecule has 1 aliphatic rings. The SMILES string of the molecule is COCCN(CC(=O)O)C(=O)N1CCCC(C(=O)OC)C1. The number of piperidine rings is 1. The molecule has 0 spiro atoms. The van der Waals surface area contributed by atoms with Crippen LogP contribution in [-0.4, -0.2) is 79.9 Å². The maximum Gasteiger partial charge on any atom is 0.323 e. The Morgan fingerprint density at radius 3 is 2.62 bits per heavy atom. The molecule has 1 rings (SSSR count). The van der Waals surface area contributed by atoms with Gasteiger partial charge in [0.2, 0.25) is 0 Å². The van der Waals surface area contributed by atoms with E-state index in [9.17, 15) is 14.4 Å². The van der Waals surface area contributed by atoms with Crippen LogP contribution in [0.15, 0.2) is 0 Å². The van der Waals surface area contributed by atoms with Crippen LogP contribution in [0.2, 0.25) is 0 Å². The van der Waals surface area contributed by atoms with Crippen LogP contribution in [0, 0.1) is 5.92 Å². The maximum atomic E-state index is 12.4. The van der Waals surface area contributed by atoms with Crippen LogP contribution in [0.5, 0.6) is 0 Å². The van der Waals surface area contributed by atoms with Crippen molar-refractivity contribution >= 4 is 18.0 Å². The van der Waals surface area contributed by atoms with Gasteiger partial charge < -0.3 is 24.4 Å². The zero-order chi connectivity index (χ0) is 15.8. The molecule has 0 bridgehead atoms. The number of methoxy groups -OCH3 is 2. The van der Waals surface area contributed by atoms with E-state index >= 15 is 0 Å². The number of carboxylic acids is 1. The van der Waals surface area contributed by atoms with Crippen LogP contribution in [0.25, 0.3) is 0 Å². The summed E-state index contributed by atoms with van der Waals surface area (Å²) in [5.41, 5.74) is 0. The number of amides is 2. The number of hydrogen-bond acceptors (Lipinski definition) is 5. The molecular formula is C13H22N2O6. The summed E-state index contributed by atoms with van der Waals surface area (Å²) >= 11 is 0. The average molecular weight is 302 g/mol. The first-order valence-corrected chi connectivity index (χ1v) is 6.82. The molecule has 8 heteroatoms. The van der Waals surface area contributed by atoms with Gasteiger partial charge in [-0.15, -0.1) is 0 Å². The lowest BCUT2D eigenvalue weighted by Gasteiger charge is -2.35. The van der Waals surface area contributed by atoms with Crippen molar-refractivity contribution in [3.8, 4) is 0 Å². The first-order valence-electron chi connectivity index (χ1n) is 6.82. The number of ether oxygens (including phenoxy) is 2. The molecule has 1 atom stereocenters. The van der Waals surface area contributed by atoms with Crippen molar-refractivity contribution in [2.45, 2.75) is 12.8 Å². The zero-order valence-corrected chi connectivity index (χ0v) is 12.4. The number of carbonyl (C=O) groups excluding carboxylic acids is 2. The smallest absolute Gasteiger partial charge is 0.323 e. The van der Waals surface area contributed by atoms with Crippen LogP contribution < -0.4 is 0 Å². The number of esters is 1. The van der Waals surface area contributed by atoms with E-state index < -0.39 is 5.97 Å². The Balaban J connectivity index is 2.68. The lowest BCUT2D eigenvalue weighted by molar-refractivity contribution is -0.147. The molecule has 21 heavy (non-hydrogen) atoms. The van der Waals surface area contributed by atoms with Gasteiger partial charge >= 0.3 is 18.0 Å². The van der Waals surface area contributed by atoms with Crippen molar-refractivity contribution in [3.63, 3.8) is 0 Å². The van der Waals surface area contributed by atoms with Crippen molar-refractivity contribution in [2.75, 3.05) is 47.0 Å². The van der Waals surface area contributed by atoms with Gasteiger partial charge in [0.1, 0.15) is 6.54 Å². The lowest BCUT2D eigenvalue weighted by Crippen LogP contribution is -2.50. The van der Waals surface area contributed by atoms with Gasteiger partial charge in [-0.05, 0) is 12.8 Å². The monoisotopic (exact) mass is 302 g/mol. The second-order valence-electron chi connectivity index (χ2n) is 4.90. The molecule has 120 valence electrons. The van der Waals surface area contributed by atoms with Gasteiger partial charge in [-0.25, -0.2) is 4.79 Å². The molecule has 1 aliphatic heterocycles. The minimum atomic E-state index is -1.08. The Kier molecular flexibility index (Phi) is 6.93. The Morgan fingerprint density at radius 2 is 2.05 bits per heavy atom. The van der Waals surface area contributed by atoms with Crippen molar-refractivity contribution in [1.29, 1.82) is 0 Å². The molecule has 1 unspecified atom stereocenters. The Hall–Kier alpha value is -1.83. The highest BCUT2D eigenvalue weighted by Crippen LogP contribution is 2.19. The van der Waals surface area contributed by atoms with Crippen LogP contribution in [0.3, 0.4) is 0 Å². The van der Waals surface area contributed by atoms with Gasteiger partial charge in [0.15, 0.2) is 0 Å². The summed E-state index contributed by atoms with van der Waals surface area (Å²) in [6, 6.07) is -0.386. The largest absolute Gasteiger partial charge is 0.480 e. The maximum absolute atomic E-state index is 12.4. The number of carboxylic acid groups (broad SMARTS) is 1. The van der Waals surface area contributed by atoms with E-state index in [1.807, 2.05) is 0 Å². The molecule has 0 aromatic heterocycles. The van der Waals surface area contributed by atoms with E-state index in [1.54, 1.807) is 0 Å². The van der Waals surface area contributed by atoms with E-state index in [1.165, 1.54) is 24.0 Å². The normalized spacial score (nSPS) is 18.2. The summed E-state index contributed by atoms with van der Waals surface area (Å²) in [6.07, 6.45) is 1.37. The third-order valence-corrected chi connectivity index (χ3v) is 3.39. The van der Waals surface area contributed by atoms with Crippen molar-refractivity contribution in [3.05, 3.63) is 0 Å². The zero-order valence-electron chi connectivity index (χ0n) is 12.4. The molecule has 1 fully saturated rings. The molecule has 0 radical (unpaired) electrons. The highest BCUT2D eigenvalue weighted by atomic mass is 16.5. The first kappa shape index (κ1) is 17.2. The van der Waals surface area contributed by atoms with Gasteiger partial charge in [-0.1, -0.05) is 0 Å². The number of rotatable bonds is 6.